The van der Waals surface area contributed by atoms with E-state index in [1.807, 2.05) is 0 Å². The molecule has 0 amide bonds. The summed E-state index contributed by atoms with van der Waals surface area (Å²) in [5.41, 5.74) is 5.34. The van der Waals surface area contributed by atoms with Crippen molar-refractivity contribution in [1.82, 2.24) is 0 Å². The van der Waals surface area contributed by atoms with Crippen LogP contribution in [0.1, 0.15) is 11.1 Å². The molecule has 3 heteroatoms. The summed E-state index contributed by atoms with van der Waals surface area (Å²) in [4.78, 5) is 0. The molecule has 101 valence electrons. The van der Waals surface area contributed by atoms with Gasteiger partial charge in [-0.1, -0.05) is 53.1 Å². The molecule has 1 radical (unpaired) electrons. The predicted molar refractivity (Wildman–Crippen MR) is 74.5 cm³/mol. The second-order valence-electron chi connectivity index (χ2n) is 4.66. The van der Waals surface area contributed by atoms with Crippen LogP contribution >= 0.6 is 0 Å². The SMILES string of the molecule is Cc1cc(C)c2c(-c3ccccc3)c[cH-]c2c1.[Cl-].[Cl-].[Zr+3]. The molecule has 0 unspecified atom stereocenters. The molecule has 3 aromatic rings. The van der Waals surface area contributed by atoms with Crippen molar-refractivity contribution in [1.29, 1.82) is 0 Å². The Hall–Kier alpha value is -0.487. The number of benzene rings is 2. The van der Waals surface area contributed by atoms with E-state index in [9.17, 15) is 0 Å². The third-order valence-corrected chi connectivity index (χ3v) is 3.29. The molecule has 20 heavy (non-hydrogen) atoms. The van der Waals surface area contributed by atoms with Gasteiger partial charge in [0.05, 0.1) is 0 Å². The topological polar surface area (TPSA) is 0 Å². The second-order valence-corrected chi connectivity index (χ2v) is 4.66. The Morgan fingerprint density at radius 2 is 1.55 bits per heavy atom. The summed E-state index contributed by atoms with van der Waals surface area (Å²) in [6.45, 7) is 4.35. The van der Waals surface area contributed by atoms with Gasteiger partial charge in [0.15, 0.2) is 0 Å². The number of hydrogen-bond acceptors (Lipinski definition) is 0. The van der Waals surface area contributed by atoms with E-state index in [2.05, 4.69) is 68.4 Å². The zero-order valence-electron chi connectivity index (χ0n) is 11.5. The van der Waals surface area contributed by atoms with Crippen molar-refractivity contribution in [2.24, 2.45) is 0 Å². The fourth-order valence-electron chi connectivity index (χ4n) is 2.61. The second kappa shape index (κ2) is 8.08. The summed E-state index contributed by atoms with van der Waals surface area (Å²) in [5.74, 6) is 0. The fraction of sp³-hybridized carbons (Fsp3) is 0.118. The minimum atomic E-state index is 0. The molecule has 0 bridgehead atoms. The molecule has 0 aliphatic heterocycles. The first-order valence-corrected chi connectivity index (χ1v) is 5.98. The van der Waals surface area contributed by atoms with Gasteiger partial charge in [0.1, 0.15) is 0 Å². The van der Waals surface area contributed by atoms with Gasteiger partial charge in [-0.2, -0.15) is 0 Å². The molecular formula is C17H15Cl2Zr. The van der Waals surface area contributed by atoms with Gasteiger partial charge in [-0.05, 0) is 13.8 Å². The van der Waals surface area contributed by atoms with Crippen molar-refractivity contribution in [2.45, 2.75) is 13.8 Å². The van der Waals surface area contributed by atoms with Gasteiger partial charge < -0.3 is 24.8 Å². The standard InChI is InChI=1S/C17H15.2ClH.Zr/c1-12-10-13(2)17-15(11-12)8-9-16(17)14-6-4-3-5-7-14;;;/h3-11H,1-2H3;2*1H;/q-1;;;+3/p-2. The van der Waals surface area contributed by atoms with Crippen LogP contribution in [0.5, 0.6) is 0 Å². The van der Waals surface area contributed by atoms with Gasteiger partial charge >= 0.3 is 26.2 Å². The maximum absolute atomic E-state index is 2.26. The maximum Gasteiger partial charge on any atom is 3.00 e. The van der Waals surface area contributed by atoms with E-state index in [4.69, 9.17) is 0 Å². The largest absolute Gasteiger partial charge is 3.00 e. The molecular weight excluding hydrogens is 366 g/mol. The quantitative estimate of drug-likeness (QED) is 0.467. The summed E-state index contributed by atoms with van der Waals surface area (Å²) < 4.78 is 0. The molecule has 3 rings (SSSR count). The molecule has 3 aromatic carbocycles. The van der Waals surface area contributed by atoms with Crippen molar-refractivity contribution in [2.75, 3.05) is 0 Å². The van der Waals surface area contributed by atoms with Crippen molar-refractivity contribution in [3.8, 4) is 11.1 Å². The summed E-state index contributed by atoms with van der Waals surface area (Å²) in [5, 5.41) is 2.74. The third-order valence-electron chi connectivity index (χ3n) is 3.29. The van der Waals surface area contributed by atoms with Crippen LogP contribution in [-0.4, -0.2) is 0 Å². The van der Waals surface area contributed by atoms with Crippen LogP contribution in [0.2, 0.25) is 0 Å². The van der Waals surface area contributed by atoms with E-state index in [0.717, 1.165) is 0 Å². The van der Waals surface area contributed by atoms with Crippen molar-refractivity contribution < 1.29 is 51.0 Å². The molecule has 0 aliphatic rings. The molecule has 0 aliphatic carbocycles. The zero-order chi connectivity index (χ0) is 11.8. The smallest absolute Gasteiger partial charge is 1.00 e. The Labute approximate surface area is 151 Å². The normalized spacial score (nSPS) is 9.30. The van der Waals surface area contributed by atoms with Gasteiger partial charge in [0.25, 0.3) is 0 Å². The van der Waals surface area contributed by atoms with Crippen molar-refractivity contribution >= 4 is 10.8 Å². The van der Waals surface area contributed by atoms with Gasteiger partial charge in [-0.15, -0.1) is 34.5 Å². The molecule has 0 fully saturated rings. The van der Waals surface area contributed by atoms with Crippen molar-refractivity contribution in [3.63, 3.8) is 0 Å². The average molecular weight is 381 g/mol. The number of rotatable bonds is 1. The van der Waals surface area contributed by atoms with Crippen molar-refractivity contribution in [3.05, 3.63) is 65.7 Å². The van der Waals surface area contributed by atoms with E-state index in [1.54, 1.807) is 0 Å². The van der Waals surface area contributed by atoms with Crippen LogP contribution in [0.25, 0.3) is 21.9 Å². The van der Waals surface area contributed by atoms with Gasteiger partial charge in [0.2, 0.25) is 0 Å². The Kier molecular flexibility index (Phi) is 7.88. The molecule has 0 saturated carbocycles. The fourth-order valence-corrected chi connectivity index (χ4v) is 2.61. The Morgan fingerprint density at radius 1 is 0.900 bits per heavy atom. The summed E-state index contributed by atoms with van der Waals surface area (Å²) in [7, 11) is 0. The van der Waals surface area contributed by atoms with Crippen LogP contribution in [0.15, 0.2) is 54.6 Å². The Morgan fingerprint density at radius 3 is 2.20 bits per heavy atom. The first kappa shape index (κ1) is 19.5. The van der Waals surface area contributed by atoms with Crippen LogP contribution in [-0.2, 0) is 26.2 Å². The minimum absolute atomic E-state index is 0. The number of halogens is 2. The van der Waals surface area contributed by atoms with E-state index >= 15 is 0 Å². The van der Waals surface area contributed by atoms with Crippen LogP contribution in [0.3, 0.4) is 0 Å². The summed E-state index contributed by atoms with van der Waals surface area (Å²) >= 11 is 0. The first-order valence-electron chi connectivity index (χ1n) is 5.98. The molecule has 0 saturated heterocycles. The monoisotopic (exact) mass is 379 g/mol. The first-order chi connectivity index (χ1) is 8.25. The summed E-state index contributed by atoms with van der Waals surface area (Å²) in [6, 6.07) is 19.6. The molecule has 0 atom stereocenters. The maximum atomic E-state index is 2.26. The van der Waals surface area contributed by atoms with Crippen LogP contribution in [0, 0.1) is 13.8 Å². The predicted octanol–water partition coefficient (Wildman–Crippen LogP) is -1.15. The molecule has 0 heterocycles. The Bertz CT molecular complexity index is 672. The molecule has 0 N–H and O–H groups in total. The Balaban J connectivity index is 0.00000120. The number of aryl methyl sites for hydroxylation is 2. The summed E-state index contributed by atoms with van der Waals surface area (Å²) in [6.07, 6.45) is 0. The van der Waals surface area contributed by atoms with Crippen LogP contribution < -0.4 is 24.8 Å². The molecule has 0 nitrogen and oxygen atoms in total. The van der Waals surface area contributed by atoms with E-state index < -0.39 is 0 Å². The van der Waals surface area contributed by atoms with E-state index in [1.165, 1.54) is 33.0 Å². The minimum Gasteiger partial charge on any atom is -1.00 e. The zero-order valence-corrected chi connectivity index (χ0v) is 15.4. The number of fused-ring (bicyclic) bond motifs is 1. The van der Waals surface area contributed by atoms with E-state index in [0.29, 0.717) is 0 Å². The van der Waals surface area contributed by atoms with Gasteiger partial charge in [0, 0.05) is 0 Å². The third kappa shape index (κ3) is 3.58. The van der Waals surface area contributed by atoms with Gasteiger partial charge in [-0.3, -0.25) is 0 Å². The van der Waals surface area contributed by atoms with E-state index in [-0.39, 0.29) is 51.0 Å². The van der Waals surface area contributed by atoms with Gasteiger partial charge in [-0.25, -0.2) is 0 Å². The molecule has 0 aromatic heterocycles. The molecule has 0 spiro atoms. The van der Waals surface area contributed by atoms with Crippen LogP contribution in [0.4, 0.5) is 0 Å². The average Bonchev–Trinajstić information content (AvgIpc) is 2.74. The number of hydrogen-bond donors (Lipinski definition) is 0.